The fourth-order valence-electron chi connectivity index (χ4n) is 4.64. The van der Waals surface area contributed by atoms with Crippen molar-refractivity contribution >= 4 is 0 Å². The first-order valence-electron chi connectivity index (χ1n) is 6.71. The molecule has 0 bridgehead atoms. The van der Waals surface area contributed by atoms with E-state index in [4.69, 9.17) is 0 Å². The molecule has 2 saturated carbocycles. The molecule has 0 unspecified atom stereocenters. The first-order valence-corrected chi connectivity index (χ1v) is 6.71. The summed E-state index contributed by atoms with van der Waals surface area (Å²) in [7, 11) is 0. The number of rotatable bonds is 1. The molecule has 2 heteroatoms. The summed E-state index contributed by atoms with van der Waals surface area (Å²) in [5, 5.41) is 19.7. The second-order valence-electron chi connectivity index (χ2n) is 6.83. The first-order chi connectivity index (χ1) is 7.42. The summed E-state index contributed by atoms with van der Waals surface area (Å²) < 4.78 is 0. The Morgan fingerprint density at radius 2 is 1.81 bits per heavy atom. The molecule has 16 heavy (non-hydrogen) atoms. The van der Waals surface area contributed by atoms with Crippen molar-refractivity contribution in [2.45, 2.75) is 59.0 Å². The molecule has 2 rings (SSSR count). The number of hydrogen-bond acceptors (Lipinski definition) is 2. The lowest BCUT2D eigenvalue weighted by atomic mass is 9.48. The lowest BCUT2D eigenvalue weighted by Gasteiger charge is -2.58. The Kier molecular flexibility index (Phi) is 3.09. The van der Waals surface area contributed by atoms with E-state index in [1.54, 1.807) is 0 Å². The lowest BCUT2D eigenvalue weighted by Crippen LogP contribution is -2.54. The molecule has 4 atom stereocenters. The summed E-state index contributed by atoms with van der Waals surface area (Å²) in [5.74, 6) is 0.750. The van der Waals surface area contributed by atoms with E-state index in [0.717, 1.165) is 12.8 Å². The van der Waals surface area contributed by atoms with Gasteiger partial charge < -0.3 is 10.2 Å². The van der Waals surface area contributed by atoms with Gasteiger partial charge in [-0.25, -0.2) is 0 Å². The lowest BCUT2D eigenvalue weighted by molar-refractivity contribution is -0.136. The van der Waals surface area contributed by atoms with E-state index in [0.29, 0.717) is 11.3 Å². The monoisotopic (exact) mass is 226 g/mol. The molecule has 94 valence electrons. The van der Waals surface area contributed by atoms with Crippen molar-refractivity contribution in [2.75, 3.05) is 6.61 Å². The van der Waals surface area contributed by atoms with E-state index in [-0.39, 0.29) is 24.0 Å². The van der Waals surface area contributed by atoms with Gasteiger partial charge in [-0.1, -0.05) is 27.2 Å². The minimum atomic E-state index is -0.292. The van der Waals surface area contributed by atoms with Gasteiger partial charge in [-0.15, -0.1) is 0 Å². The van der Waals surface area contributed by atoms with Crippen LogP contribution in [0.3, 0.4) is 0 Å². The number of aliphatic hydroxyl groups excluding tert-OH is 2. The maximum atomic E-state index is 10.1. The Labute approximate surface area is 99.1 Å². The van der Waals surface area contributed by atoms with Crippen LogP contribution in [0.5, 0.6) is 0 Å². The quantitative estimate of drug-likeness (QED) is 0.721. The minimum absolute atomic E-state index is 0.0887. The van der Waals surface area contributed by atoms with E-state index in [1.165, 1.54) is 19.3 Å². The van der Waals surface area contributed by atoms with E-state index >= 15 is 0 Å². The average Bonchev–Trinajstić information content (AvgIpc) is 2.15. The summed E-state index contributed by atoms with van der Waals surface area (Å²) in [6.45, 7) is 7.16. The molecule has 0 heterocycles. The van der Waals surface area contributed by atoms with Gasteiger partial charge in [-0.3, -0.25) is 0 Å². The number of fused-ring (bicyclic) bond motifs is 1. The molecule has 2 aliphatic rings. The maximum Gasteiger partial charge on any atom is 0.0595 e. The minimum Gasteiger partial charge on any atom is -0.396 e. The summed E-state index contributed by atoms with van der Waals surface area (Å²) in [6, 6.07) is 0. The zero-order valence-corrected chi connectivity index (χ0v) is 10.9. The molecule has 0 aromatic carbocycles. The predicted molar refractivity (Wildman–Crippen MR) is 65.0 cm³/mol. The fourth-order valence-corrected chi connectivity index (χ4v) is 4.64. The van der Waals surface area contributed by atoms with Crippen LogP contribution in [0.1, 0.15) is 52.9 Å². The van der Waals surface area contributed by atoms with Crippen LogP contribution in [-0.2, 0) is 0 Å². The van der Waals surface area contributed by atoms with Gasteiger partial charge in [-0.05, 0) is 42.4 Å². The molecule has 2 aliphatic carbocycles. The van der Waals surface area contributed by atoms with Crippen molar-refractivity contribution in [2.24, 2.45) is 22.7 Å². The van der Waals surface area contributed by atoms with Crippen molar-refractivity contribution in [3.8, 4) is 0 Å². The topological polar surface area (TPSA) is 40.5 Å². The Morgan fingerprint density at radius 1 is 1.12 bits per heavy atom. The third-order valence-electron chi connectivity index (χ3n) is 5.54. The molecular weight excluding hydrogens is 200 g/mol. The van der Waals surface area contributed by atoms with Crippen LogP contribution in [0.25, 0.3) is 0 Å². The van der Waals surface area contributed by atoms with Gasteiger partial charge in [0.2, 0.25) is 0 Å². The van der Waals surface area contributed by atoms with Gasteiger partial charge in [0.1, 0.15) is 0 Å². The summed E-state index contributed by atoms with van der Waals surface area (Å²) in [5.41, 5.74) is 0.523. The smallest absolute Gasteiger partial charge is 0.0595 e. The molecule has 0 aliphatic heterocycles. The Balaban J connectivity index is 2.31. The largest absolute Gasteiger partial charge is 0.396 e. The maximum absolute atomic E-state index is 10.1. The van der Waals surface area contributed by atoms with Gasteiger partial charge >= 0.3 is 0 Å². The van der Waals surface area contributed by atoms with Crippen molar-refractivity contribution in [3.63, 3.8) is 0 Å². The summed E-state index contributed by atoms with van der Waals surface area (Å²) >= 11 is 0. The van der Waals surface area contributed by atoms with Crippen LogP contribution in [-0.4, -0.2) is 22.9 Å². The Bertz CT molecular complexity index is 261. The number of hydrogen-bond donors (Lipinski definition) is 2. The van der Waals surface area contributed by atoms with Gasteiger partial charge in [0.25, 0.3) is 0 Å². The number of aliphatic hydroxyl groups is 2. The van der Waals surface area contributed by atoms with Crippen LogP contribution >= 0.6 is 0 Å². The van der Waals surface area contributed by atoms with E-state index in [2.05, 4.69) is 20.8 Å². The summed E-state index contributed by atoms with van der Waals surface area (Å²) in [4.78, 5) is 0. The van der Waals surface area contributed by atoms with Crippen LogP contribution in [0.15, 0.2) is 0 Å². The molecule has 0 spiro atoms. The van der Waals surface area contributed by atoms with Crippen LogP contribution in [0.4, 0.5) is 0 Å². The zero-order chi connectivity index (χ0) is 12.0. The highest BCUT2D eigenvalue weighted by Gasteiger charge is 2.54. The normalized spacial score (nSPS) is 47.4. The van der Waals surface area contributed by atoms with Gasteiger partial charge in [0.15, 0.2) is 0 Å². The second kappa shape index (κ2) is 3.99. The van der Waals surface area contributed by atoms with Crippen molar-refractivity contribution < 1.29 is 10.2 Å². The molecule has 0 radical (unpaired) electrons. The van der Waals surface area contributed by atoms with E-state index in [1.807, 2.05) is 0 Å². The van der Waals surface area contributed by atoms with Gasteiger partial charge in [0.05, 0.1) is 6.10 Å². The van der Waals surface area contributed by atoms with Crippen LogP contribution in [0.2, 0.25) is 0 Å². The highest BCUT2D eigenvalue weighted by Crippen LogP contribution is 2.59. The van der Waals surface area contributed by atoms with Crippen molar-refractivity contribution in [1.82, 2.24) is 0 Å². The molecule has 2 N–H and O–H groups in total. The molecule has 0 saturated heterocycles. The molecule has 0 aromatic rings. The molecule has 0 aromatic heterocycles. The highest BCUT2D eigenvalue weighted by molar-refractivity contribution is 5.03. The standard InChI is InChI=1S/C14H26O2/c1-13(2)7-4-8-14(3)10(9-15)11(16)5-6-12(13)14/h10-12,15-16H,4-9H2,1-3H3/t10-,11-,12+,14-/m1/s1. The van der Waals surface area contributed by atoms with E-state index < -0.39 is 0 Å². The molecule has 0 amide bonds. The van der Waals surface area contributed by atoms with Crippen molar-refractivity contribution in [3.05, 3.63) is 0 Å². The third-order valence-corrected chi connectivity index (χ3v) is 5.54. The fraction of sp³-hybridized carbons (Fsp3) is 1.00. The Morgan fingerprint density at radius 3 is 2.44 bits per heavy atom. The average molecular weight is 226 g/mol. The van der Waals surface area contributed by atoms with E-state index in [9.17, 15) is 10.2 Å². The van der Waals surface area contributed by atoms with Crippen molar-refractivity contribution in [1.29, 1.82) is 0 Å². The molecular formula is C14H26O2. The van der Waals surface area contributed by atoms with Gasteiger partial charge in [-0.2, -0.15) is 0 Å². The SMILES string of the molecule is CC1(C)CCC[C@]2(C)[C@H](CO)[C@H](O)CC[C@@H]12. The highest BCUT2D eigenvalue weighted by atomic mass is 16.3. The van der Waals surface area contributed by atoms with Crippen LogP contribution in [0, 0.1) is 22.7 Å². The summed E-state index contributed by atoms with van der Waals surface area (Å²) in [6.07, 6.45) is 5.41. The Hall–Kier alpha value is -0.0800. The molecule has 2 fully saturated rings. The molecule has 2 nitrogen and oxygen atoms in total. The van der Waals surface area contributed by atoms with Gasteiger partial charge in [0, 0.05) is 12.5 Å². The predicted octanol–water partition coefficient (Wildman–Crippen LogP) is 2.58. The zero-order valence-electron chi connectivity index (χ0n) is 10.9. The van der Waals surface area contributed by atoms with Crippen LogP contribution < -0.4 is 0 Å². The second-order valence-corrected chi connectivity index (χ2v) is 6.83. The third kappa shape index (κ3) is 1.70. The first kappa shape index (κ1) is 12.4.